The molecule has 1 atom stereocenters. The summed E-state index contributed by atoms with van der Waals surface area (Å²) >= 11 is 1.60. The maximum Gasteiger partial charge on any atom is 0.0260 e. The van der Waals surface area contributed by atoms with Gasteiger partial charge in [0.2, 0.25) is 0 Å². The molecule has 4 heteroatoms. The Balaban J connectivity index is 1.51. The van der Waals surface area contributed by atoms with E-state index in [9.17, 15) is 0 Å². The van der Waals surface area contributed by atoms with Gasteiger partial charge in [0.1, 0.15) is 0 Å². The van der Waals surface area contributed by atoms with Crippen LogP contribution in [0.25, 0.3) is 0 Å². The van der Waals surface area contributed by atoms with Crippen LogP contribution in [-0.2, 0) is 0 Å². The van der Waals surface area contributed by atoms with E-state index >= 15 is 0 Å². The highest BCUT2D eigenvalue weighted by Gasteiger charge is 2.10. The number of rotatable bonds is 10. The van der Waals surface area contributed by atoms with Gasteiger partial charge in [-0.25, -0.2) is 5.84 Å². The number of hydrogen-bond donors (Lipinski definition) is 2. The molecule has 1 heterocycles. The van der Waals surface area contributed by atoms with Gasteiger partial charge in [-0.3, -0.25) is 0 Å². The number of hydrogen-bond acceptors (Lipinski definition) is 4. The Morgan fingerprint density at radius 2 is 1.82 bits per heavy atom. The average molecular weight is 320 g/mol. The van der Waals surface area contributed by atoms with E-state index in [1.807, 2.05) is 6.20 Å². The van der Waals surface area contributed by atoms with Gasteiger partial charge >= 0.3 is 0 Å². The third kappa shape index (κ3) is 6.03. The van der Waals surface area contributed by atoms with Crippen LogP contribution in [-0.4, -0.2) is 4.52 Å². The second-order valence-electron chi connectivity index (χ2n) is 5.98. The number of nitrogens with one attached hydrogen (secondary N) is 1. The fraction of sp³-hybridized carbons (Fsp3) is 0.556. The number of allylic oxidation sites excluding steroid dienone is 1. The van der Waals surface area contributed by atoms with Gasteiger partial charge in [-0.2, -0.15) is 0 Å². The zero-order valence-electron chi connectivity index (χ0n) is 13.6. The van der Waals surface area contributed by atoms with Crippen LogP contribution >= 0.6 is 11.9 Å². The molecule has 22 heavy (non-hydrogen) atoms. The minimum Gasteiger partial charge on any atom is -0.302 e. The van der Waals surface area contributed by atoms with E-state index in [0.717, 1.165) is 12.3 Å². The Labute approximate surface area is 139 Å². The number of benzene rings is 1. The van der Waals surface area contributed by atoms with E-state index in [0.29, 0.717) is 0 Å². The van der Waals surface area contributed by atoms with Crippen molar-refractivity contribution in [3.8, 4) is 0 Å². The van der Waals surface area contributed by atoms with Crippen LogP contribution in [0, 0.1) is 0 Å². The van der Waals surface area contributed by atoms with Gasteiger partial charge in [0.25, 0.3) is 0 Å². The van der Waals surface area contributed by atoms with E-state index in [4.69, 9.17) is 5.84 Å². The van der Waals surface area contributed by atoms with Crippen molar-refractivity contribution in [2.24, 2.45) is 5.84 Å². The minimum absolute atomic E-state index is 0.739. The van der Waals surface area contributed by atoms with Crippen molar-refractivity contribution in [3.63, 3.8) is 0 Å². The second kappa shape index (κ2) is 9.93. The van der Waals surface area contributed by atoms with Crippen molar-refractivity contribution >= 4 is 11.9 Å². The van der Waals surface area contributed by atoms with Crippen LogP contribution < -0.4 is 11.3 Å². The minimum atomic E-state index is 0.739. The van der Waals surface area contributed by atoms with Crippen molar-refractivity contribution < 1.29 is 0 Å². The molecule has 1 aliphatic rings. The highest BCUT2D eigenvalue weighted by atomic mass is 32.2. The first kappa shape index (κ1) is 17.4. The first-order valence-electron chi connectivity index (χ1n) is 8.52. The molecule has 0 fully saturated rings. The Bertz CT molecular complexity index is 447. The van der Waals surface area contributed by atoms with Crippen LogP contribution in [0.4, 0.5) is 0 Å². The lowest BCUT2D eigenvalue weighted by Crippen LogP contribution is -2.30. The maximum atomic E-state index is 5.62. The molecule has 3 N–H and O–H groups in total. The van der Waals surface area contributed by atoms with Crippen molar-refractivity contribution in [2.45, 2.75) is 64.2 Å². The number of nitrogens with zero attached hydrogens (tertiary/aromatic N) is 1. The summed E-state index contributed by atoms with van der Waals surface area (Å²) in [7, 11) is 0. The molecule has 0 aliphatic carbocycles. The summed E-state index contributed by atoms with van der Waals surface area (Å²) < 4.78 is 1.56. The van der Waals surface area contributed by atoms with Crippen molar-refractivity contribution in [1.29, 1.82) is 0 Å². The molecule has 0 aromatic heterocycles. The zero-order valence-corrected chi connectivity index (χ0v) is 14.4. The molecule has 0 bridgehead atoms. The molecule has 1 unspecified atom stereocenters. The first-order chi connectivity index (χ1) is 10.8. The molecule has 0 saturated heterocycles. The quantitative estimate of drug-likeness (QED) is 0.358. The third-order valence-electron chi connectivity index (χ3n) is 4.31. The Morgan fingerprint density at radius 3 is 2.50 bits per heavy atom. The lowest BCUT2D eigenvalue weighted by molar-refractivity contribution is 0.440. The third-order valence-corrected chi connectivity index (χ3v) is 5.17. The normalized spacial score (nSPS) is 16.4. The molecule has 0 spiro atoms. The van der Waals surface area contributed by atoms with E-state index < -0.39 is 0 Å². The lowest BCUT2D eigenvalue weighted by atomic mass is 9.91. The Hall–Kier alpha value is -0.970. The molecular weight excluding hydrogens is 290 g/mol. The molecule has 122 valence electrons. The van der Waals surface area contributed by atoms with E-state index in [2.05, 4.69) is 42.7 Å². The fourth-order valence-electron chi connectivity index (χ4n) is 2.98. The summed E-state index contributed by atoms with van der Waals surface area (Å²) in [6.45, 7) is 2.30. The van der Waals surface area contributed by atoms with E-state index in [-0.39, 0.29) is 0 Å². The van der Waals surface area contributed by atoms with Crippen molar-refractivity contribution in [3.05, 3.63) is 47.0 Å². The Kier molecular flexibility index (Phi) is 7.85. The first-order valence-corrected chi connectivity index (χ1v) is 9.30. The molecule has 0 amide bonds. The highest BCUT2D eigenvalue weighted by molar-refractivity contribution is 8.00. The van der Waals surface area contributed by atoms with Gasteiger partial charge in [0.15, 0.2) is 0 Å². The van der Waals surface area contributed by atoms with Crippen molar-refractivity contribution in [1.82, 2.24) is 9.95 Å². The van der Waals surface area contributed by atoms with E-state index in [1.165, 1.54) is 55.4 Å². The van der Waals surface area contributed by atoms with Crippen LogP contribution in [0.5, 0.6) is 0 Å². The smallest absolute Gasteiger partial charge is 0.0260 e. The number of unbranched alkanes of at least 4 members (excludes halogenated alkanes) is 4. The summed E-state index contributed by atoms with van der Waals surface area (Å²) in [4.78, 5) is 1.35. The molecule has 2 rings (SSSR count). The van der Waals surface area contributed by atoms with Crippen LogP contribution in [0.1, 0.15) is 69.8 Å². The average Bonchev–Trinajstić information content (AvgIpc) is 2.96. The van der Waals surface area contributed by atoms with Crippen LogP contribution in [0.2, 0.25) is 0 Å². The fourth-order valence-corrected chi connectivity index (χ4v) is 3.68. The van der Waals surface area contributed by atoms with E-state index in [1.54, 1.807) is 16.5 Å². The number of nitrogens with two attached hydrogens (primary N) is 1. The zero-order chi connectivity index (χ0) is 15.6. The molecule has 3 nitrogen and oxygen atoms in total. The van der Waals surface area contributed by atoms with Crippen molar-refractivity contribution in [2.75, 3.05) is 0 Å². The molecule has 1 aromatic rings. The molecular formula is C18H29N3S. The SMILES string of the molecule is CCC(CCCCCCCC1=CNN(N)S1)c1ccccc1. The summed E-state index contributed by atoms with van der Waals surface area (Å²) in [6, 6.07) is 11.0. The Morgan fingerprint density at radius 1 is 1.09 bits per heavy atom. The topological polar surface area (TPSA) is 41.3 Å². The van der Waals surface area contributed by atoms with Gasteiger partial charge < -0.3 is 5.43 Å². The van der Waals surface area contributed by atoms with Gasteiger partial charge in [-0.05, 0) is 49.1 Å². The highest BCUT2D eigenvalue weighted by Crippen LogP contribution is 2.27. The summed E-state index contributed by atoms with van der Waals surface area (Å²) in [5, 5.41) is 0. The van der Waals surface area contributed by atoms with Gasteiger partial charge in [-0.1, -0.05) is 67.5 Å². The summed E-state index contributed by atoms with van der Waals surface area (Å²) in [6.07, 6.45) is 12.4. The largest absolute Gasteiger partial charge is 0.302 e. The molecule has 0 radical (unpaired) electrons. The maximum absolute atomic E-state index is 5.62. The summed E-state index contributed by atoms with van der Waals surface area (Å²) in [5.74, 6) is 6.36. The molecule has 1 aromatic carbocycles. The van der Waals surface area contributed by atoms with Crippen LogP contribution in [0.3, 0.4) is 0 Å². The molecule has 1 aliphatic heterocycles. The predicted molar refractivity (Wildman–Crippen MR) is 96.6 cm³/mol. The monoisotopic (exact) mass is 319 g/mol. The molecule has 0 saturated carbocycles. The second-order valence-corrected chi connectivity index (χ2v) is 7.08. The van der Waals surface area contributed by atoms with Gasteiger partial charge in [-0.15, -0.1) is 0 Å². The predicted octanol–water partition coefficient (Wildman–Crippen LogP) is 5.09. The number of hydrazine groups is 2. The van der Waals surface area contributed by atoms with Crippen LogP contribution in [0.15, 0.2) is 41.4 Å². The van der Waals surface area contributed by atoms with Gasteiger partial charge in [0.05, 0.1) is 0 Å². The standard InChI is InChI=1S/C18H29N3S/c1-2-16(17-12-8-6-9-13-17)11-7-4-3-5-10-14-18-15-20-21(19)22-18/h6,8-9,12-13,15-16,20H,2-5,7,10-11,14,19H2,1H3. The summed E-state index contributed by atoms with van der Waals surface area (Å²) in [5.41, 5.74) is 4.49. The van der Waals surface area contributed by atoms with Gasteiger partial charge in [0, 0.05) is 11.1 Å². The lowest BCUT2D eigenvalue weighted by Gasteiger charge is -2.15.